The molecular weight excluding hydrogens is 244 g/mol. The second-order valence-corrected chi connectivity index (χ2v) is 5.50. The average molecular weight is 274 g/mol. The Bertz CT molecular complexity index is 227. The van der Waals surface area contributed by atoms with Gasteiger partial charge in [-0.2, -0.15) is 0 Å². The van der Waals surface area contributed by atoms with E-state index in [9.17, 15) is 4.79 Å². The molecule has 114 valence electrons. The van der Waals surface area contributed by atoms with Crippen LogP contribution in [0, 0.1) is 0 Å². The molecule has 19 heavy (non-hydrogen) atoms. The van der Waals surface area contributed by atoms with Crippen molar-refractivity contribution in [3.8, 4) is 0 Å². The molecule has 0 saturated heterocycles. The lowest BCUT2D eigenvalue weighted by Crippen LogP contribution is -2.34. The van der Waals surface area contributed by atoms with Gasteiger partial charge in [-0.25, -0.2) is 4.79 Å². The highest BCUT2D eigenvalue weighted by molar-refractivity contribution is 5.67. The predicted octanol–water partition coefficient (Wildman–Crippen LogP) is 2.31. The van der Waals surface area contributed by atoms with Crippen LogP contribution >= 0.6 is 0 Å². The third-order valence-corrected chi connectivity index (χ3v) is 2.26. The number of unbranched alkanes of at least 4 members (excludes halogenated alkanes) is 1. The summed E-state index contributed by atoms with van der Waals surface area (Å²) in [5, 5.41) is 5.99. The summed E-state index contributed by atoms with van der Waals surface area (Å²) < 4.78 is 10.6. The number of carbonyl (C=O) groups is 1. The van der Waals surface area contributed by atoms with Gasteiger partial charge in [-0.3, -0.25) is 0 Å². The normalized spacial score (nSPS) is 11.4. The van der Waals surface area contributed by atoms with E-state index in [1.165, 1.54) is 6.42 Å². The van der Waals surface area contributed by atoms with Crippen LogP contribution in [0.2, 0.25) is 0 Å². The molecule has 0 bridgehead atoms. The first kappa shape index (κ1) is 18.2. The number of hydrogen-bond donors (Lipinski definition) is 2. The zero-order valence-electron chi connectivity index (χ0n) is 12.9. The van der Waals surface area contributed by atoms with Crippen LogP contribution < -0.4 is 10.6 Å². The lowest BCUT2D eigenvalue weighted by Gasteiger charge is -2.19. The molecule has 0 aliphatic heterocycles. The van der Waals surface area contributed by atoms with Gasteiger partial charge in [-0.05, 0) is 40.2 Å². The first-order chi connectivity index (χ1) is 8.95. The summed E-state index contributed by atoms with van der Waals surface area (Å²) in [6.45, 7) is 11.7. The van der Waals surface area contributed by atoms with Crippen molar-refractivity contribution < 1.29 is 14.3 Å². The van der Waals surface area contributed by atoms with Crippen molar-refractivity contribution in [1.29, 1.82) is 0 Å². The van der Waals surface area contributed by atoms with Gasteiger partial charge in [0.15, 0.2) is 0 Å². The standard InChI is InChI=1S/C14H30N2O3/c1-5-6-11-18-12-10-15-8-7-9-16-13(17)19-14(2,3)4/h15H,5-12H2,1-4H3,(H,16,17). The van der Waals surface area contributed by atoms with Gasteiger partial charge in [0.1, 0.15) is 5.60 Å². The highest BCUT2D eigenvalue weighted by atomic mass is 16.6. The van der Waals surface area contributed by atoms with Crippen molar-refractivity contribution in [2.24, 2.45) is 0 Å². The van der Waals surface area contributed by atoms with E-state index < -0.39 is 5.60 Å². The number of hydrogen-bond acceptors (Lipinski definition) is 4. The number of alkyl carbamates (subject to hydrolysis) is 1. The predicted molar refractivity (Wildman–Crippen MR) is 77.5 cm³/mol. The highest BCUT2D eigenvalue weighted by Gasteiger charge is 2.15. The third-order valence-electron chi connectivity index (χ3n) is 2.26. The Hall–Kier alpha value is -0.810. The molecule has 5 heteroatoms. The number of amides is 1. The molecule has 0 radical (unpaired) electrons. The Morgan fingerprint density at radius 3 is 2.42 bits per heavy atom. The van der Waals surface area contributed by atoms with Crippen molar-refractivity contribution in [3.05, 3.63) is 0 Å². The van der Waals surface area contributed by atoms with E-state index in [4.69, 9.17) is 9.47 Å². The molecule has 0 aromatic carbocycles. The van der Waals surface area contributed by atoms with Crippen LogP contribution in [0.15, 0.2) is 0 Å². The molecule has 0 aliphatic rings. The van der Waals surface area contributed by atoms with Crippen molar-refractivity contribution in [3.63, 3.8) is 0 Å². The van der Waals surface area contributed by atoms with Crippen LogP contribution in [0.5, 0.6) is 0 Å². The van der Waals surface area contributed by atoms with Crippen LogP contribution in [0.25, 0.3) is 0 Å². The molecule has 5 nitrogen and oxygen atoms in total. The Morgan fingerprint density at radius 2 is 1.79 bits per heavy atom. The van der Waals surface area contributed by atoms with Crippen molar-refractivity contribution >= 4 is 6.09 Å². The summed E-state index contributed by atoms with van der Waals surface area (Å²) in [4.78, 5) is 11.3. The third kappa shape index (κ3) is 15.1. The fraction of sp³-hybridized carbons (Fsp3) is 0.929. The number of nitrogens with one attached hydrogen (secondary N) is 2. The molecule has 0 aromatic heterocycles. The molecule has 2 N–H and O–H groups in total. The molecule has 0 atom stereocenters. The van der Waals surface area contributed by atoms with Gasteiger partial charge in [0.2, 0.25) is 0 Å². The molecule has 0 fully saturated rings. The number of ether oxygens (including phenoxy) is 2. The van der Waals surface area contributed by atoms with Gasteiger partial charge in [0, 0.05) is 19.7 Å². The van der Waals surface area contributed by atoms with Gasteiger partial charge >= 0.3 is 6.09 Å². The lowest BCUT2D eigenvalue weighted by molar-refractivity contribution is 0.0527. The van der Waals surface area contributed by atoms with E-state index in [0.29, 0.717) is 6.54 Å². The maximum absolute atomic E-state index is 11.3. The van der Waals surface area contributed by atoms with Gasteiger partial charge in [-0.15, -0.1) is 0 Å². The van der Waals surface area contributed by atoms with Crippen LogP contribution in [0.4, 0.5) is 4.79 Å². The first-order valence-electron chi connectivity index (χ1n) is 7.21. The lowest BCUT2D eigenvalue weighted by atomic mass is 10.2. The summed E-state index contributed by atoms with van der Waals surface area (Å²) in [5.41, 5.74) is -0.432. The monoisotopic (exact) mass is 274 g/mol. The van der Waals surface area contributed by atoms with Crippen LogP contribution in [0.3, 0.4) is 0 Å². The quantitative estimate of drug-likeness (QED) is 0.600. The van der Waals surface area contributed by atoms with Crippen molar-refractivity contribution in [2.75, 3.05) is 32.8 Å². The minimum Gasteiger partial charge on any atom is -0.444 e. The van der Waals surface area contributed by atoms with Crippen molar-refractivity contribution in [2.45, 2.75) is 52.6 Å². The summed E-state index contributed by atoms with van der Waals surface area (Å²) in [6, 6.07) is 0. The largest absolute Gasteiger partial charge is 0.444 e. The molecule has 0 heterocycles. The molecule has 0 aliphatic carbocycles. The highest BCUT2D eigenvalue weighted by Crippen LogP contribution is 2.06. The number of rotatable bonds is 10. The minimum atomic E-state index is -0.432. The van der Waals surface area contributed by atoms with Crippen LogP contribution in [-0.2, 0) is 9.47 Å². The summed E-state index contributed by atoms with van der Waals surface area (Å²) in [6.07, 6.45) is 2.83. The molecule has 0 rings (SSSR count). The van der Waals surface area contributed by atoms with E-state index in [1.54, 1.807) is 0 Å². The zero-order chi connectivity index (χ0) is 14.6. The van der Waals surface area contributed by atoms with Crippen LogP contribution in [0.1, 0.15) is 47.0 Å². The van der Waals surface area contributed by atoms with Gasteiger partial charge in [-0.1, -0.05) is 13.3 Å². The second-order valence-electron chi connectivity index (χ2n) is 5.50. The van der Waals surface area contributed by atoms with Gasteiger partial charge < -0.3 is 20.1 Å². The fourth-order valence-corrected chi connectivity index (χ4v) is 1.34. The van der Waals surface area contributed by atoms with E-state index in [0.717, 1.165) is 39.1 Å². The molecule has 0 unspecified atom stereocenters. The Morgan fingerprint density at radius 1 is 1.05 bits per heavy atom. The van der Waals surface area contributed by atoms with E-state index >= 15 is 0 Å². The van der Waals surface area contributed by atoms with Gasteiger partial charge in [0.25, 0.3) is 0 Å². The Labute approximate surface area is 117 Å². The summed E-state index contributed by atoms with van der Waals surface area (Å²) in [7, 11) is 0. The Balaban J connectivity index is 3.21. The summed E-state index contributed by atoms with van der Waals surface area (Å²) in [5.74, 6) is 0. The fourth-order valence-electron chi connectivity index (χ4n) is 1.34. The first-order valence-corrected chi connectivity index (χ1v) is 7.21. The summed E-state index contributed by atoms with van der Waals surface area (Å²) >= 11 is 0. The molecule has 0 saturated carbocycles. The molecule has 0 spiro atoms. The Kier molecular flexibility index (Phi) is 10.6. The second kappa shape index (κ2) is 11.1. The molecular formula is C14H30N2O3. The topological polar surface area (TPSA) is 59.6 Å². The maximum atomic E-state index is 11.3. The van der Waals surface area contributed by atoms with Crippen molar-refractivity contribution in [1.82, 2.24) is 10.6 Å². The maximum Gasteiger partial charge on any atom is 0.407 e. The average Bonchev–Trinajstić information content (AvgIpc) is 2.29. The zero-order valence-corrected chi connectivity index (χ0v) is 12.9. The van der Waals surface area contributed by atoms with Crippen LogP contribution in [-0.4, -0.2) is 44.5 Å². The smallest absolute Gasteiger partial charge is 0.407 e. The molecule has 1 amide bonds. The van der Waals surface area contributed by atoms with E-state index in [1.807, 2.05) is 20.8 Å². The number of carbonyl (C=O) groups excluding carboxylic acids is 1. The SMILES string of the molecule is CCCCOCCNCCCNC(=O)OC(C)(C)C. The van der Waals surface area contributed by atoms with E-state index in [-0.39, 0.29) is 6.09 Å². The van der Waals surface area contributed by atoms with Gasteiger partial charge in [0.05, 0.1) is 6.61 Å². The minimum absolute atomic E-state index is 0.351. The van der Waals surface area contributed by atoms with E-state index in [2.05, 4.69) is 17.6 Å². The molecule has 0 aromatic rings.